The molecule has 1 aliphatic heterocycles. The maximum atomic E-state index is 13.9. The van der Waals surface area contributed by atoms with Gasteiger partial charge in [-0.25, -0.2) is 4.57 Å². The lowest BCUT2D eigenvalue weighted by atomic mass is 9.99. The molecule has 1 aliphatic rings. The molecule has 1 fully saturated rings. The van der Waals surface area contributed by atoms with Gasteiger partial charge in [0.1, 0.15) is 17.8 Å². The van der Waals surface area contributed by atoms with Crippen molar-refractivity contribution in [1.82, 2.24) is 9.55 Å². The minimum Gasteiger partial charge on any atom is -0.463 e. The molecular weight excluding hydrogens is 552 g/mol. The maximum Gasteiger partial charge on any atom is 0.398 e. The van der Waals surface area contributed by atoms with Crippen molar-refractivity contribution in [2.24, 2.45) is 11.8 Å². The van der Waals surface area contributed by atoms with Crippen LogP contribution >= 0.6 is 19.8 Å². The number of alkyl halides is 3. The van der Waals surface area contributed by atoms with Crippen LogP contribution in [0.4, 0.5) is 13.2 Å². The van der Waals surface area contributed by atoms with Gasteiger partial charge >= 0.3 is 19.7 Å². The quantitative estimate of drug-likeness (QED) is 0.241. The molecule has 38 heavy (non-hydrogen) atoms. The highest BCUT2D eigenvalue weighted by atomic mass is 32.1. The second-order valence-electron chi connectivity index (χ2n) is 9.02. The first-order valence-electron chi connectivity index (χ1n) is 11.6. The highest BCUT2D eigenvalue weighted by Gasteiger charge is 2.58. The predicted molar refractivity (Wildman–Crippen MR) is 131 cm³/mol. The summed E-state index contributed by atoms with van der Waals surface area (Å²) in [5, 5.41) is 10.6. The van der Waals surface area contributed by atoms with Gasteiger partial charge in [0.25, 0.3) is 5.56 Å². The zero-order chi connectivity index (χ0) is 28.3. The smallest absolute Gasteiger partial charge is 0.398 e. The number of aromatic nitrogens is 2. The van der Waals surface area contributed by atoms with Crippen molar-refractivity contribution in [3.05, 3.63) is 57.7 Å². The molecule has 0 radical (unpaired) electrons. The van der Waals surface area contributed by atoms with E-state index in [-0.39, 0.29) is 10.5 Å². The van der Waals surface area contributed by atoms with E-state index in [0.717, 1.165) is 16.8 Å². The van der Waals surface area contributed by atoms with Crippen molar-refractivity contribution in [2.75, 3.05) is 12.8 Å². The summed E-state index contributed by atoms with van der Waals surface area (Å²) in [5.74, 6) is -3.92. The zero-order valence-electron chi connectivity index (χ0n) is 20.7. The highest BCUT2D eigenvalue weighted by Crippen LogP contribution is 2.52. The number of hydrogen-bond acceptors (Lipinski definition) is 9. The molecule has 1 saturated heterocycles. The Balaban J connectivity index is 1.85. The van der Waals surface area contributed by atoms with Crippen LogP contribution in [0.25, 0.3) is 0 Å². The third-order valence-corrected chi connectivity index (χ3v) is 7.89. The number of nitrogens with one attached hydrogen (secondary N) is 1. The normalized spacial score (nSPS) is 24.1. The summed E-state index contributed by atoms with van der Waals surface area (Å²) in [6, 6.07) is 8.83. The van der Waals surface area contributed by atoms with E-state index < -0.39 is 74.4 Å². The molecule has 0 spiro atoms. The Morgan fingerprint density at radius 3 is 2.47 bits per heavy atom. The van der Waals surface area contributed by atoms with Crippen molar-refractivity contribution >= 4 is 25.8 Å². The van der Waals surface area contributed by atoms with Crippen LogP contribution in [0.2, 0.25) is 0 Å². The Labute approximate surface area is 221 Å². The van der Waals surface area contributed by atoms with E-state index in [1.54, 1.807) is 32.0 Å². The number of nitrogens with zero attached hydrogens (tertiary/aromatic N) is 1. The van der Waals surface area contributed by atoms with Crippen LogP contribution in [0.3, 0.4) is 0 Å². The SMILES string of the molecule is CC(C)OC(=O)[C@H](C)CP(=O)(OC[C@H]1O[C@@H](n2ccc(=O)[nH]c2=S)C(C(F)(F)F)[C@H]1O)Oc1ccccc1. The number of halogens is 3. The number of para-hydroxylation sites is 1. The third kappa shape index (κ3) is 7.54. The molecule has 2 unspecified atom stereocenters. The van der Waals surface area contributed by atoms with E-state index in [0.29, 0.717) is 0 Å². The number of carbonyl (C=O) groups is 1. The van der Waals surface area contributed by atoms with Gasteiger partial charge in [0.15, 0.2) is 11.0 Å². The van der Waals surface area contributed by atoms with Crippen molar-refractivity contribution in [3.8, 4) is 5.75 Å². The van der Waals surface area contributed by atoms with Gasteiger partial charge in [-0.15, -0.1) is 0 Å². The van der Waals surface area contributed by atoms with Crippen LogP contribution in [0.15, 0.2) is 47.4 Å². The molecule has 210 valence electrons. The molecule has 1 aromatic heterocycles. The summed E-state index contributed by atoms with van der Waals surface area (Å²) in [5.41, 5.74) is -0.627. The molecule has 2 aromatic rings. The van der Waals surface area contributed by atoms with E-state index in [9.17, 15) is 32.4 Å². The van der Waals surface area contributed by atoms with Gasteiger partial charge in [-0.05, 0) is 38.2 Å². The van der Waals surface area contributed by atoms with Gasteiger partial charge in [-0.3, -0.25) is 23.7 Å². The Bertz CT molecular complexity index is 1270. The lowest BCUT2D eigenvalue weighted by molar-refractivity contribution is -0.211. The molecule has 10 nitrogen and oxygen atoms in total. The second kappa shape index (κ2) is 12.1. The van der Waals surface area contributed by atoms with E-state index in [1.807, 2.05) is 0 Å². The molecule has 6 atom stereocenters. The van der Waals surface area contributed by atoms with Gasteiger partial charge in [0.05, 0.1) is 30.9 Å². The van der Waals surface area contributed by atoms with Crippen molar-refractivity contribution in [2.45, 2.75) is 51.5 Å². The maximum absolute atomic E-state index is 13.9. The number of carbonyl (C=O) groups excluding carboxylic acids is 1. The lowest BCUT2D eigenvalue weighted by Crippen LogP contribution is -2.39. The highest BCUT2D eigenvalue weighted by molar-refractivity contribution is 7.71. The van der Waals surface area contributed by atoms with Crippen LogP contribution in [0.5, 0.6) is 5.75 Å². The zero-order valence-corrected chi connectivity index (χ0v) is 22.4. The number of rotatable bonds is 10. The average molecular weight is 581 g/mol. The van der Waals surface area contributed by atoms with Crippen molar-refractivity contribution in [1.29, 1.82) is 0 Å². The minimum absolute atomic E-state index is 0.138. The first kappa shape index (κ1) is 30.0. The fourth-order valence-corrected chi connectivity index (χ4v) is 5.94. The summed E-state index contributed by atoms with van der Waals surface area (Å²) in [6.45, 7) is 3.96. The third-order valence-electron chi connectivity index (χ3n) is 5.55. The fourth-order valence-electron chi connectivity index (χ4n) is 3.81. The molecule has 2 heterocycles. The number of aromatic amines is 1. The number of esters is 1. The van der Waals surface area contributed by atoms with Crippen molar-refractivity contribution < 1.29 is 46.2 Å². The Kier molecular flexibility index (Phi) is 9.58. The number of H-pyrrole nitrogens is 1. The van der Waals surface area contributed by atoms with Gasteiger partial charge in [-0.1, -0.05) is 25.1 Å². The van der Waals surface area contributed by atoms with E-state index in [2.05, 4.69) is 4.98 Å². The molecule has 0 amide bonds. The summed E-state index contributed by atoms with van der Waals surface area (Å²) in [6.07, 6.45) is -10.4. The van der Waals surface area contributed by atoms with E-state index in [4.69, 9.17) is 30.7 Å². The standard InChI is InChI=1S/C23H28F3N2O8PS/c1-13(2)34-21(31)14(3)12-37(32,36-15-7-5-4-6-8-15)33-11-16-19(30)18(23(24,25)26)20(35-16)28-10-9-17(29)27-22(28)38/h4-10,13-14,16,18-20,30H,11-12H2,1-3H3,(H,27,29,38)/t14-,16-,18?,19+,20-,37?/m1/s1. The first-order chi connectivity index (χ1) is 17.7. The van der Waals surface area contributed by atoms with E-state index >= 15 is 0 Å². The predicted octanol–water partition coefficient (Wildman–Crippen LogP) is 4.22. The van der Waals surface area contributed by atoms with Crippen LogP contribution < -0.4 is 10.1 Å². The Hall–Kier alpha value is -2.51. The molecular formula is C23H28F3N2O8PS. The van der Waals surface area contributed by atoms with Crippen LogP contribution in [-0.2, 0) is 23.4 Å². The van der Waals surface area contributed by atoms with Gasteiger partial charge < -0.3 is 19.1 Å². The topological polar surface area (TPSA) is 129 Å². The Morgan fingerprint density at radius 1 is 1.24 bits per heavy atom. The molecule has 15 heteroatoms. The molecule has 1 aromatic carbocycles. The molecule has 0 bridgehead atoms. The molecule has 3 rings (SSSR count). The van der Waals surface area contributed by atoms with E-state index in [1.165, 1.54) is 19.1 Å². The lowest BCUT2D eigenvalue weighted by Gasteiger charge is -2.25. The molecule has 0 saturated carbocycles. The summed E-state index contributed by atoms with van der Waals surface area (Å²) in [7, 11) is -4.19. The van der Waals surface area contributed by atoms with Crippen LogP contribution in [0, 0.1) is 16.6 Å². The van der Waals surface area contributed by atoms with Crippen molar-refractivity contribution in [3.63, 3.8) is 0 Å². The minimum atomic E-state index is -4.93. The summed E-state index contributed by atoms with van der Waals surface area (Å²) >= 11 is 4.97. The van der Waals surface area contributed by atoms with Gasteiger partial charge in [0, 0.05) is 12.3 Å². The van der Waals surface area contributed by atoms with Gasteiger partial charge in [-0.2, -0.15) is 13.2 Å². The number of aliphatic hydroxyl groups excluding tert-OH is 1. The number of benzene rings is 1. The fraction of sp³-hybridized carbons (Fsp3) is 0.522. The summed E-state index contributed by atoms with van der Waals surface area (Å²) < 4.78 is 77.7. The largest absolute Gasteiger partial charge is 0.463 e. The monoisotopic (exact) mass is 580 g/mol. The average Bonchev–Trinajstić information content (AvgIpc) is 3.14. The molecule has 0 aliphatic carbocycles. The Morgan fingerprint density at radius 2 is 1.89 bits per heavy atom. The van der Waals surface area contributed by atoms with Crippen LogP contribution in [0.1, 0.15) is 27.0 Å². The second-order valence-corrected chi connectivity index (χ2v) is 11.4. The number of aliphatic hydroxyl groups is 1. The van der Waals surface area contributed by atoms with Gasteiger partial charge in [0.2, 0.25) is 0 Å². The van der Waals surface area contributed by atoms with Crippen LogP contribution in [-0.4, -0.2) is 57.9 Å². The summed E-state index contributed by atoms with van der Waals surface area (Å²) in [4.78, 5) is 26.0. The molecule has 2 N–H and O–H groups in total. The number of ether oxygens (including phenoxy) is 2. The number of hydrogen-bond donors (Lipinski definition) is 2. The first-order valence-corrected chi connectivity index (χ1v) is 13.7.